The van der Waals surface area contributed by atoms with Crippen LogP contribution in [0.2, 0.25) is 0 Å². The summed E-state index contributed by atoms with van der Waals surface area (Å²) in [6.45, 7) is 7.60. The number of nitriles is 2. The van der Waals surface area contributed by atoms with Crippen molar-refractivity contribution in [2.24, 2.45) is 0 Å². The molecule has 7 aromatic carbocycles. The standard InChI is InChI=1S/C45H25N5/c1-48-33-19-23-45-40(26-33)39-24-29(27-46)14-22-44(39)50(45)41-11-5-2-8-35(41)31-15-16-32(28-47)38(25-31)30-17-20-34(21-18-30)49-42-12-6-3-9-36(42)37-10-4-7-13-43(37)49/h2-26H. The van der Waals surface area contributed by atoms with Gasteiger partial charge in [0.05, 0.1) is 57.6 Å². The number of aromatic nitrogens is 2. The van der Waals surface area contributed by atoms with Crippen molar-refractivity contribution in [2.45, 2.75) is 0 Å². The zero-order valence-corrected chi connectivity index (χ0v) is 26.7. The molecule has 230 valence electrons. The second-order valence-corrected chi connectivity index (χ2v) is 12.3. The Morgan fingerprint density at radius 1 is 0.480 bits per heavy atom. The SMILES string of the molecule is [C-]#[N+]c1ccc2c(c1)c1cc(C#N)ccc1n2-c1ccccc1-c1ccc(C#N)c(-c2ccc(-n3c4ccccc4c4ccccc43)cc2)c1. The lowest BCUT2D eigenvalue weighted by Gasteiger charge is -2.16. The van der Waals surface area contributed by atoms with E-state index in [-0.39, 0.29) is 0 Å². The third-order valence-electron chi connectivity index (χ3n) is 9.62. The molecule has 0 aliphatic heterocycles. The highest BCUT2D eigenvalue weighted by atomic mass is 15.0. The van der Waals surface area contributed by atoms with Crippen LogP contribution < -0.4 is 0 Å². The largest absolute Gasteiger partial charge is 0.309 e. The molecule has 0 radical (unpaired) electrons. The molecule has 0 atom stereocenters. The van der Waals surface area contributed by atoms with Crippen LogP contribution in [0.4, 0.5) is 5.69 Å². The monoisotopic (exact) mass is 635 g/mol. The first-order valence-electron chi connectivity index (χ1n) is 16.3. The second kappa shape index (κ2) is 11.4. The third-order valence-corrected chi connectivity index (χ3v) is 9.62. The van der Waals surface area contributed by atoms with Gasteiger partial charge in [0.1, 0.15) is 0 Å². The van der Waals surface area contributed by atoms with Crippen molar-refractivity contribution in [1.82, 2.24) is 9.13 Å². The van der Waals surface area contributed by atoms with Crippen molar-refractivity contribution in [3.05, 3.63) is 174 Å². The minimum absolute atomic E-state index is 0.549. The number of benzene rings is 7. The summed E-state index contributed by atoms with van der Waals surface area (Å²) in [5, 5.41) is 24.1. The lowest BCUT2D eigenvalue weighted by molar-refractivity contribution is 1.18. The van der Waals surface area contributed by atoms with Gasteiger partial charge in [-0.05, 0) is 89.3 Å². The molecule has 0 spiro atoms. The predicted molar refractivity (Wildman–Crippen MR) is 202 cm³/mol. The van der Waals surface area contributed by atoms with Crippen LogP contribution in [0, 0.1) is 29.2 Å². The summed E-state index contributed by atoms with van der Waals surface area (Å²) >= 11 is 0. The van der Waals surface area contributed by atoms with Crippen molar-refractivity contribution in [1.29, 1.82) is 10.5 Å². The van der Waals surface area contributed by atoms with Gasteiger partial charge in [-0.3, -0.25) is 0 Å². The van der Waals surface area contributed by atoms with Crippen LogP contribution in [-0.4, -0.2) is 9.13 Å². The maximum atomic E-state index is 10.2. The van der Waals surface area contributed by atoms with Gasteiger partial charge in [-0.25, -0.2) is 4.85 Å². The summed E-state index contributed by atoms with van der Waals surface area (Å²) in [6, 6.07) is 55.7. The highest BCUT2D eigenvalue weighted by Gasteiger charge is 2.18. The molecular weight excluding hydrogens is 611 g/mol. The van der Waals surface area contributed by atoms with E-state index >= 15 is 0 Å². The third kappa shape index (κ3) is 4.38. The number of para-hydroxylation sites is 3. The molecule has 0 unspecified atom stereocenters. The molecule has 2 heterocycles. The first kappa shape index (κ1) is 28.8. The molecule has 5 nitrogen and oxygen atoms in total. The molecular formula is C45H25N5. The Kier molecular flexibility index (Phi) is 6.56. The summed E-state index contributed by atoms with van der Waals surface area (Å²) in [4.78, 5) is 3.67. The van der Waals surface area contributed by atoms with E-state index in [1.807, 2.05) is 60.7 Å². The number of nitrogens with zero attached hydrogens (tertiary/aromatic N) is 5. The van der Waals surface area contributed by atoms with Gasteiger partial charge in [-0.1, -0.05) is 78.9 Å². The van der Waals surface area contributed by atoms with Gasteiger partial charge in [0.15, 0.2) is 5.69 Å². The van der Waals surface area contributed by atoms with Crippen molar-refractivity contribution < 1.29 is 0 Å². The van der Waals surface area contributed by atoms with E-state index in [2.05, 4.69) is 117 Å². The van der Waals surface area contributed by atoms with E-state index in [0.717, 1.165) is 66.5 Å². The Morgan fingerprint density at radius 2 is 1.10 bits per heavy atom. The highest BCUT2D eigenvalue weighted by molar-refractivity contribution is 6.11. The lowest BCUT2D eigenvalue weighted by Crippen LogP contribution is -1.98. The zero-order chi connectivity index (χ0) is 33.8. The van der Waals surface area contributed by atoms with Crippen LogP contribution in [0.25, 0.3) is 82.1 Å². The number of hydrogen-bond acceptors (Lipinski definition) is 2. The van der Waals surface area contributed by atoms with Crippen LogP contribution in [0.3, 0.4) is 0 Å². The van der Waals surface area contributed by atoms with Gasteiger partial charge >= 0.3 is 0 Å². The first-order chi connectivity index (χ1) is 24.7. The normalized spacial score (nSPS) is 11.1. The minimum Gasteiger partial charge on any atom is -0.309 e. The Hall–Kier alpha value is -7.39. The predicted octanol–water partition coefficient (Wildman–Crippen LogP) is 11.5. The van der Waals surface area contributed by atoms with Crippen LogP contribution in [0.1, 0.15) is 11.1 Å². The number of hydrogen-bond donors (Lipinski definition) is 0. The van der Waals surface area contributed by atoms with Crippen molar-refractivity contribution >= 4 is 49.3 Å². The summed E-state index contributed by atoms with van der Waals surface area (Å²) < 4.78 is 4.49. The molecule has 0 amide bonds. The molecule has 0 saturated heterocycles. The van der Waals surface area contributed by atoms with Crippen LogP contribution in [0.15, 0.2) is 152 Å². The zero-order valence-electron chi connectivity index (χ0n) is 26.7. The van der Waals surface area contributed by atoms with E-state index in [1.165, 1.54) is 10.8 Å². The van der Waals surface area contributed by atoms with Crippen LogP contribution in [-0.2, 0) is 0 Å². The van der Waals surface area contributed by atoms with Gasteiger partial charge in [0.25, 0.3) is 0 Å². The molecule has 2 aromatic heterocycles. The van der Waals surface area contributed by atoms with Crippen molar-refractivity contribution in [2.75, 3.05) is 0 Å². The number of rotatable bonds is 4. The van der Waals surface area contributed by atoms with Crippen molar-refractivity contribution in [3.8, 4) is 45.8 Å². The molecule has 9 aromatic rings. The molecule has 5 heteroatoms. The fourth-order valence-electron chi connectivity index (χ4n) is 7.36. The summed E-state index contributed by atoms with van der Waals surface area (Å²) in [5.41, 5.74) is 11.7. The number of fused-ring (bicyclic) bond motifs is 6. The quantitative estimate of drug-likeness (QED) is 0.181. The van der Waals surface area contributed by atoms with Crippen LogP contribution in [0.5, 0.6) is 0 Å². The van der Waals surface area contributed by atoms with E-state index < -0.39 is 0 Å². The van der Waals surface area contributed by atoms with E-state index in [4.69, 9.17) is 6.57 Å². The fraction of sp³-hybridized carbons (Fsp3) is 0. The Labute approximate surface area is 288 Å². The Morgan fingerprint density at radius 3 is 1.80 bits per heavy atom. The van der Waals surface area contributed by atoms with E-state index in [1.54, 1.807) is 0 Å². The Bertz CT molecular complexity index is 2830. The van der Waals surface area contributed by atoms with Crippen molar-refractivity contribution in [3.63, 3.8) is 0 Å². The van der Waals surface area contributed by atoms with E-state index in [9.17, 15) is 10.5 Å². The molecule has 0 saturated carbocycles. The molecule has 0 N–H and O–H groups in total. The second-order valence-electron chi connectivity index (χ2n) is 12.3. The van der Waals surface area contributed by atoms with Gasteiger partial charge in [-0.15, -0.1) is 0 Å². The van der Waals surface area contributed by atoms with E-state index in [0.29, 0.717) is 16.8 Å². The van der Waals surface area contributed by atoms with Gasteiger partial charge < -0.3 is 9.13 Å². The first-order valence-corrected chi connectivity index (χ1v) is 16.3. The molecule has 50 heavy (non-hydrogen) atoms. The average Bonchev–Trinajstić information content (AvgIpc) is 3.69. The molecule has 0 fully saturated rings. The van der Waals surface area contributed by atoms with Gasteiger partial charge in [0.2, 0.25) is 0 Å². The molecule has 0 aliphatic carbocycles. The molecule has 9 rings (SSSR count). The average molecular weight is 636 g/mol. The summed E-state index contributed by atoms with van der Waals surface area (Å²) in [5.74, 6) is 0. The summed E-state index contributed by atoms with van der Waals surface area (Å²) in [6.07, 6.45) is 0. The van der Waals surface area contributed by atoms with Gasteiger partial charge in [-0.2, -0.15) is 10.5 Å². The molecule has 0 bridgehead atoms. The van der Waals surface area contributed by atoms with Crippen LogP contribution >= 0.6 is 0 Å². The highest BCUT2D eigenvalue weighted by Crippen LogP contribution is 2.40. The van der Waals surface area contributed by atoms with Gasteiger partial charge in [0, 0.05) is 33.0 Å². The summed E-state index contributed by atoms with van der Waals surface area (Å²) in [7, 11) is 0. The maximum absolute atomic E-state index is 10.2. The lowest BCUT2D eigenvalue weighted by atomic mass is 9.94. The molecule has 0 aliphatic rings. The minimum atomic E-state index is 0.549. The topological polar surface area (TPSA) is 61.8 Å². The fourth-order valence-corrected chi connectivity index (χ4v) is 7.36. The Balaban J connectivity index is 1.19. The smallest absolute Gasteiger partial charge is 0.188 e. The maximum Gasteiger partial charge on any atom is 0.188 e.